The zero-order chi connectivity index (χ0) is 10.3. The highest BCUT2D eigenvalue weighted by Gasteiger charge is 2.40. The molecule has 2 aliphatic heterocycles. The summed E-state index contributed by atoms with van der Waals surface area (Å²) in [6.07, 6.45) is 4.80. The summed E-state index contributed by atoms with van der Waals surface area (Å²) in [6, 6.07) is 1.10. The molecule has 0 unspecified atom stereocenters. The van der Waals surface area contributed by atoms with E-state index in [1.807, 2.05) is 4.90 Å². The van der Waals surface area contributed by atoms with Gasteiger partial charge in [0.15, 0.2) is 0 Å². The molecule has 1 saturated carbocycles. The lowest BCUT2D eigenvalue weighted by Crippen LogP contribution is -2.50. The number of carbonyl (C=O) groups excluding carboxylic acids is 1. The van der Waals surface area contributed by atoms with Crippen molar-refractivity contribution in [1.29, 1.82) is 0 Å². The van der Waals surface area contributed by atoms with E-state index in [2.05, 4.69) is 10.6 Å². The molecule has 2 saturated heterocycles. The average molecular weight is 209 g/mol. The number of nitrogens with zero attached hydrogens (tertiary/aromatic N) is 1. The molecular weight excluding hydrogens is 190 g/mol. The third kappa shape index (κ3) is 1.61. The van der Waals surface area contributed by atoms with Gasteiger partial charge in [0.1, 0.15) is 0 Å². The molecular formula is C11H19N3O. The Balaban J connectivity index is 1.58. The van der Waals surface area contributed by atoms with E-state index in [1.54, 1.807) is 0 Å². The molecule has 3 aliphatic rings. The smallest absolute Gasteiger partial charge is 0.317 e. The fourth-order valence-electron chi connectivity index (χ4n) is 2.91. The summed E-state index contributed by atoms with van der Waals surface area (Å²) in [5.41, 5.74) is 0. The number of likely N-dealkylation sites (tertiary alicyclic amines) is 1. The molecule has 0 aromatic heterocycles. The van der Waals surface area contributed by atoms with Gasteiger partial charge >= 0.3 is 6.03 Å². The molecule has 2 heterocycles. The molecule has 2 atom stereocenters. The number of urea groups is 1. The van der Waals surface area contributed by atoms with Crippen LogP contribution < -0.4 is 10.6 Å². The van der Waals surface area contributed by atoms with Gasteiger partial charge in [-0.3, -0.25) is 0 Å². The van der Waals surface area contributed by atoms with Crippen LogP contribution in [0.15, 0.2) is 0 Å². The van der Waals surface area contributed by atoms with Gasteiger partial charge in [0, 0.05) is 31.7 Å². The lowest BCUT2D eigenvalue weighted by molar-refractivity contribution is 0.181. The second-order valence-electron chi connectivity index (χ2n) is 5.05. The Hall–Kier alpha value is -0.770. The summed E-state index contributed by atoms with van der Waals surface area (Å²) in [4.78, 5) is 14.0. The number of hydrogen-bond donors (Lipinski definition) is 2. The Kier molecular flexibility index (Phi) is 2.31. The molecule has 1 aliphatic carbocycles. The Labute approximate surface area is 90.4 Å². The highest BCUT2D eigenvalue weighted by Crippen LogP contribution is 2.27. The van der Waals surface area contributed by atoms with Crippen molar-refractivity contribution in [2.24, 2.45) is 5.92 Å². The topological polar surface area (TPSA) is 44.4 Å². The molecule has 4 nitrogen and oxygen atoms in total. The summed E-state index contributed by atoms with van der Waals surface area (Å²) in [5.74, 6) is 0.706. The van der Waals surface area contributed by atoms with Crippen molar-refractivity contribution in [3.8, 4) is 0 Å². The van der Waals surface area contributed by atoms with Gasteiger partial charge < -0.3 is 15.5 Å². The molecule has 2 N–H and O–H groups in total. The van der Waals surface area contributed by atoms with Crippen molar-refractivity contribution in [3.63, 3.8) is 0 Å². The first-order valence-electron chi connectivity index (χ1n) is 6.12. The zero-order valence-corrected chi connectivity index (χ0v) is 9.04. The molecule has 4 heteroatoms. The first kappa shape index (κ1) is 9.46. The second kappa shape index (κ2) is 3.67. The van der Waals surface area contributed by atoms with Crippen molar-refractivity contribution in [3.05, 3.63) is 0 Å². The van der Waals surface area contributed by atoms with Crippen molar-refractivity contribution in [2.75, 3.05) is 19.6 Å². The SMILES string of the molecule is O=C(NC1CCC1)N1CC[C@H]2CNC[C@H]21. The van der Waals surface area contributed by atoms with Crippen LogP contribution in [0, 0.1) is 5.92 Å². The van der Waals surface area contributed by atoms with Crippen LogP contribution in [0.5, 0.6) is 0 Å². The quantitative estimate of drug-likeness (QED) is 0.662. The van der Waals surface area contributed by atoms with Gasteiger partial charge in [-0.2, -0.15) is 0 Å². The van der Waals surface area contributed by atoms with Crippen LogP contribution in [0.2, 0.25) is 0 Å². The van der Waals surface area contributed by atoms with Crippen LogP contribution in [0.4, 0.5) is 4.79 Å². The summed E-state index contributed by atoms with van der Waals surface area (Å²) in [7, 11) is 0. The van der Waals surface area contributed by atoms with Crippen LogP contribution in [0.25, 0.3) is 0 Å². The lowest BCUT2D eigenvalue weighted by atomic mass is 9.93. The van der Waals surface area contributed by atoms with Gasteiger partial charge in [-0.05, 0) is 31.6 Å². The Bertz CT molecular complexity index is 265. The fraction of sp³-hybridized carbons (Fsp3) is 0.909. The van der Waals surface area contributed by atoms with Crippen LogP contribution in [-0.2, 0) is 0 Å². The molecule has 0 aromatic rings. The molecule has 0 spiro atoms. The normalized spacial score (nSPS) is 35.1. The van der Waals surface area contributed by atoms with Crippen LogP contribution in [-0.4, -0.2) is 42.6 Å². The summed E-state index contributed by atoms with van der Waals surface area (Å²) >= 11 is 0. The maximum absolute atomic E-state index is 12.0. The number of rotatable bonds is 1. The Morgan fingerprint density at radius 2 is 2.13 bits per heavy atom. The summed E-state index contributed by atoms with van der Waals surface area (Å²) < 4.78 is 0. The average Bonchev–Trinajstić information content (AvgIpc) is 2.71. The van der Waals surface area contributed by atoms with E-state index in [4.69, 9.17) is 0 Å². The number of fused-ring (bicyclic) bond motifs is 1. The van der Waals surface area contributed by atoms with Gasteiger partial charge in [0.25, 0.3) is 0 Å². The standard InChI is InChI=1S/C11H19N3O/c15-11(13-9-2-1-3-9)14-5-4-8-6-12-7-10(8)14/h8-10,12H,1-7H2,(H,13,15)/t8-,10+/m0/s1. The molecule has 3 rings (SSSR count). The van der Waals surface area contributed by atoms with Gasteiger partial charge in [-0.1, -0.05) is 0 Å². The largest absolute Gasteiger partial charge is 0.335 e. The molecule has 0 bridgehead atoms. The monoisotopic (exact) mass is 209 g/mol. The van der Waals surface area contributed by atoms with E-state index in [9.17, 15) is 4.79 Å². The van der Waals surface area contributed by atoms with Gasteiger partial charge in [0.2, 0.25) is 0 Å². The molecule has 84 valence electrons. The molecule has 3 fully saturated rings. The maximum atomic E-state index is 12.0. The van der Waals surface area contributed by atoms with Crippen LogP contribution >= 0.6 is 0 Å². The third-order valence-corrected chi connectivity index (χ3v) is 4.14. The number of carbonyl (C=O) groups is 1. The highest BCUT2D eigenvalue weighted by atomic mass is 16.2. The van der Waals surface area contributed by atoms with E-state index in [-0.39, 0.29) is 6.03 Å². The maximum Gasteiger partial charge on any atom is 0.317 e. The minimum Gasteiger partial charge on any atom is -0.335 e. The molecule has 15 heavy (non-hydrogen) atoms. The van der Waals surface area contributed by atoms with E-state index in [0.29, 0.717) is 18.0 Å². The minimum absolute atomic E-state index is 0.177. The van der Waals surface area contributed by atoms with Crippen molar-refractivity contribution >= 4 is 6.03 Å². The van der Waals surface area contributed by atoms with Gasteiger partial charge in [-0.15, -0.1) is 0 Å². The molecule has 0 aromatic carbocycles. The number of nitrogens with one attached hydrogen (secondary N) is 2. The Morgan fingerprint density at radius 3 is 2.87 bits per heavy atom. The van der Waals surface area contributed by atoms with Crippen molar-refractivity contribution in [2.45, 2.75) is 37.8 Å². The lowest BCUT2D eigenvalue weighted by Gasteiger charge is -2.31. The van der Waals surface area contributed by atoms with Gasteiger partial charge in [0.05, 0.1) is 0 Å². The minimum atomic E-state index is 0.177. The predicted octanol–water partition coefficient (Wildman–Crippen LogP) is 0.542. The number of amides is 2. The summed E-state index contributed by atoms with van der Waals surface area (Å²) in [5, 5.41) is 6.50. The van der Waals surface area contributed by atoms with Crippen molar-refractivity contribution < 1.29 is 4.79 Å². The first-order valence-corrected chi connectivity index (χ1v) is 6.12. The third-order valence-electron chi connectivity index (χ3n) is 4.14. The molecule has 0 radical (unpaired) electrons. The number of hydrogen-bond acceptors (Lipinski definition) is 2. The van der Waals surface area contributed by atoms with Crippen LogP contribution in [0.3, 0.4) is 0 Å². The zero-order valence-electron chi connectivity index (χ0n) is 9.04. The van der Waals surface area contributed by atoms with Crippen LogP contribution in [0.1, 0.15) is 25.7 Å². The highest BCUT2D eigenvalue weighted by molar-refractivity contribution is 5.75. The first-order chi connectivity index (χ1) is 7.34. The fourth-order valence-corrected chi connectivity index (χ4v) is 2.91. The Morgan fingerprint density at radius 1 is 1.27 bits per heavy atom. The van der Waals surface area contributed by atoms with Crippen molar-refractivity contribution in [1.82, 2.24) is 15.5 Å². The van der Waals surface area contributed by atoms with E-state index >= 15 is 0 Å². The van der Waals surface area contributed by atoms with Gasteiger partial charge in [-0.25, -0.2) is 4.79 Å². The molecule has 2 amide bonds. The second-order valence-corrected chi connectivity index (χ2v) is 5.05. The predicted molar refractivity (Wildman–Crippen MR) is 57.6 cm³/mol. The van der Waals surface area contributed by atoms with E-state index in [1.165, 1.54) is 25.7 Å². The van der Waals surface area contributed by atoms with E-state index in [0.717, 1.165) is 19.6 Å². The van der Waals surface area contributed by atoms with E-state index < -0.39 is 0 Å². The summed E-state index contributed by atoms with van der Waals surface area (Å²) in [6.45, 7) is 3.04.